The van der Waals surface area contributed by atoms with Crippen LogP contribution in [0.1, 0.15) is 12.0 Å². The van der Waals surface area contributed by atoms with E-state index in [-0.39, 0.29) is 18.9 Å². The van der Waals surface area contributed by atoms with Crippen molar-refractivity contribution < 1.29 is 22.7 Å². The molecule has 0 unspecified atom stereocenters. The van der Waals surface area contributed by atoms with E-state index in [9.17, 15) is 18.0 Å². The summed E-state index contributed by atoms with van der Waals surface area (Å²) in [6.07, 6.45) is -5.18. The largest absolute Gasteiger partial charge is 0.497 e. The normalized spacial score (nSPS) is 11.2. The monoisotopic (exact) mass is 275 g/mol. The smallest absolute Gasteiger partial charge is 0.390 e. The Hall–Kier alpha value is -1.72. The molecule has 0 bridgehead atoms. The van der Waals surface area contributed by atoms with E-state index in [0.717, 1.165) is 4.90 Å². The summed E-state index contributed by atoms with van der Waals surface area (Å²) in [6, 6.07) is 6.89. The number of nitrogens with zero attached hydrogens (tertiary/aromatic N) is 1. The first kappa shape index (κ1) is 15.3. The van der Waals surface area contributed by atoms with Gasteiger partial charge in [0.25, 0.3) is 0 Å². The number of rotatable bonds is 5. The van der Waals surface area contributed by atoms with Gasteiger partial charge in [-0.2, -0.15) is 13.2 Å². The molecule has 106 valence electrons. The van der Waals surface area contributed by atoms with E-state index in [1.165, 1.54) is 14.2 Å². The van der Waals surface area contributed by atoms with Gasteiger partial charge in [-0.15, -0.1) is 0 Å². The van der Waals surface area contributed by atoms with Crippen molar-refractivity contribution in [3.63, 3.8) is 0 Å². The second-order valence-corrected chi connectivity index (χ2v) is 4.21. The molecule has 6 heteroatoms. The van der Waals surface area contributed by atoms with Gasteiger partial charge in [0.05, 0.1) is 20.0 Å². The molecule has 0 aliphatic heterocycles. The lowest BCUT2D eigenvalue weighted by molar-refractivity contribution is -0.143. The van der Waals surface area contributed by atoms with Gasteiger partial charge in [0.15, 0.2) is 0 Å². The number of likely N-dealkylation sites (N-methyl/N-ethyl adjacent to an activating group) is 1. The van der Waals surface area contributed by atoms with Crippen LogP contribution in [0.25, 0.3) is 0 Å². The van der Waals surface area contributed by atoms with Crippen LogP contribution in [-0.4, -0.2) is 37.7 Å². The highest BCUT2D eigenvalue weighted by Crippen LogP contribution is 2.20. The zero-order chi connectivity index (χ0) is 14.5. The Morgan fingerprint density at radius 2 is 2.05 bits per heavy atom. The maximum absolute atomic E-state index is 12.1. The van der Waals surface area contributed by atoms with E-state index in [4.69, 9.17) is 4.74 Å². The summed E-state index contributed by atoms with van der Waals surface area (Å²) >= 11 is 0. The molecule has 0 aliphatic carbocycles. The zero-order valence-corrected chi connectivity index (χ0v) is 10.8. The minimum absolute atomic E-state index is 0.0611. The number of alkyl halides is 3. The molecule has 1 rings (SSSR count). The fourth-order valence-corrected chi connectivity index (χ4v) is 1.51. The molecule has 0 N–H and O–H groups in total. The molecule has 1 aromatic carbocycles. The molecule has 1 amide bonds. The van der Waals surface area contributed by atoms with E-state index < -0.39 is 12.6 Å². The lowest BCUT2D eigenvalue weighted by Gasteiger charge is -2.18. The summed E-state index contributed by atoms with van der Waals surface area (Å²) in [5, 5.41) is 0. The number of amides is 1. The van der Waals surface area contributed by atoms with Crippen molar-refractivity contribution in [1.82, 2.24) is 4.90 Å². The van der Waals surface area contributed by atoms with Crippen LogP contribution >= 0.6 is 0 Å². The average Bonchev–Trinajstić information content (AvgIpc) is 2.35. The molecule has 0 heterocycles. The van der Waals surface area contributed by atoms with Crippen molar-refractivity contribution in [1.29, 1.82) is 0 Å². The zero-order valence-electron chi connectivity index (χ0n) is 10.8. The minimum atomic E-state index is -4.25. The van der Waals surface area contributed by atoms with Gasteiger partial charge in [0, 0.05) is 13.6 Å². The SMILES string of the molecule is COc1cccc(CC(=O)N(C)CCC(F)(F)F)c1. The molecule has 0 spiro atoms. The number of methoxy groups -OCH3 is 1. The van der Waals surface area contributed by atoms with Gasteiger partial charge in [0.2, 0.25) is 5.91 Å². The molecule has 1 aromatic rings. The van der Waals surface area contributed by atoms with Crippen molar-refractivity contribution in [2.24, 2.45) is 0 Å². The Labute approximate surface area is 110 Å². The summed E-state index contributed by atoms with van der Waals surface area (Å²) < 4.78 is 41.2. The first-order chi connectivity index (χ1) is 8.81. The van der Waals surface area contributed by atoms with Gasteiger partial charge in [-0.3, -0.25) is 4.79 Å². The van der Waals surface area contributed by atoms with E-state index in [1.807, 2.05) is 0 Å². The standard InChI is InChI=1S/C13H16F3NO2/c1-17(7-6-13(14,15)16)12(18)9-10-4-3-5-11(8-10)19-2/h3-5,8H,6-7,9H2,1-2H3. The van der Waals surface area contributed by atoms with Crippen molar-refractivity contribution in [3.8, 4) is 5.75 Å². The number of halogens is 3. The van der Waals surface area contributed by atoms with Crippen LogP contribution in [0.3, 0.4) is 0 Å². The van der Waals surface area contributed by atoms with Crippen molar-refractivity contribution in [2.45, 2.75) is 19.0 Å². The Kier molecular flexibility index (Phi) is 5.20. The fourth-order valence-electron chi connectivity index (χ4n) is 1.51. The first-order valence-corrected chi connectivity index (χ1v) is 5.75. The predicted octanol–water partition coefficient (Wildman–Crippen LogP) is 2.65. The number of benzene rings is 1. The highest BCUT2D eigenvalue weighted by atomic mass is 19.4. The van der Waals surface area contributed by atoms with Crippen LogP contribution in [0.5, 0.6) is 5.75 Å². The number of carbonyl (C=O) groups excluding carboxylic acids is 1. The highest BCUT2D eigenvalue weighted by molar-refractivity contribution is 5.78. The predicted molar refractivity (Wildman–Crippen MR) is 65.0 cm³/mol. The van der Waals surface area contributed by atoms with Gasteiger partial charge in [-0.05, 0) is 17.7 Å². The van der Waals surface area contributed by atoms with Gasteiger partial charge < -0.3 is 9.64 Å². The molecule has 0 saturated carbocycles. The van der Waals surface area contributed by atoms with Crippen LogP contribution in [0.2, 0.25) is 0 Å². The topological polar surface area (TPSA) is 29.5 Å². The van der Waals surface area contributed by atoms with Crippen LogP contribution < -0.4 is 4.74 Å². The number of hydrogen-bond acceptors (Lipinski definition) is 2. The summed E-state index contributed by atoms with van der Waals surface area (Å²) in [5.74, 6) is 0.265. The van der Waals surface area contributed by atoms with Crippen molar-refractivity contribution in [2.75, 3.05) is 20.7 Å². The Balaban J connectivity index is 2.53. The molecule has 0 fully saturated rings. The summed E-state index contributed by atoms with van der Waals surface area (Å²) in [7, 11) is 2.88. The van der Waals surface area contributed by atoms with Crippen molar-refractivity contribution in [3.05, 3.63) is 29.8 Å². The third kappa shape index (κ3) is 5.63. The van der Waals surface area contributed by atoms with Crippen LogP contribution in [-0.2, 0) is 11.2 Å². The van der Waals surface area contributed by atoms with Crippen LogP contribution in [0, 0.1) is 0 Å². The molecule has 0 atom stereocenters. The van der Waals surface area contributed by atoms with E-state index >= 15 is 0 Å². The summed E-state index contributed by atoms with van der Waals surface area (Å²) in [5.41, 5.74) is 0.711. The maximum atomic E-state index is 12.1. The second kappa shape index (κ2) is 6.45. The lowest BCUT2D eigenvalue weighted by Crippen LogP contribution is -2.31. The first-order valence-electron chi connectivity index (χ1n) is 5.75. The van der Waals surface area contributed by atoms with Gasteiger partial charge in [0.1, 0.15) is 5.75 Å². The Morgan fingerprint density at radius 1 is 1.37 bits per heavy atom. The molecule has 0 aliphatic rings. The quantitative estimate of drug-likeness (QED) is 0.826. The fraction of sp³-hybridized carbons (Fsp3) is 0.462. The summed E-state index contributed by atoms with van der Waals surface area (Å²) in [4.78, 5) is 12.8. The molecule has 19 heavy (non-hydrogen) atoms. The van der Waals surface area contributed by atoms with Crippen LogP contribution in [0.15, 0.2) is 24.3 Å². The maximum Gasteiger partial charge on any atom is 0.390 e. The molecule has 0 aromatic heterocycles. The van der Waals surface area contributed by atoms with Gasteiger partial charge in [-0.25, -0.2) is 0 Å². The molecular weight excluding hydrogens is 259 g/mol. The number of carbonyl (C=O) groups is 1. The van der Waals surface area contributed by atoms with E-state index in [0.29, 0.717) is 11.3 Å². The van der Waals surface area contributed by atoms with E-state index in [2.05, 4.69) is 0 Å². The van der Waals surface area contributed by atoms with Crippen molar-refractivity contribution >= 4 is 5.91 Å². The number of ether oxygens (including phenoxy) is 1. The average molecular weight is 275 g/mol. The van der Waals surface area contributed by atoms with Gasteiger partial charge >= 0.3 is 6.18 Å². The number of hydrogen-bond donors (Lipinski definition) is 0. The molecular formula is C13H16F3NO2. The highest BCUT2D eigenvalue weighted by Gasteiger charge is 2.27. The lowest BCUT2D eigenvalue weighted by atomic mass is 10.1. The summed E-state index contributed by atoms with van der Waals surface area (Å²) in [6.45, 7) is -0.327. The molecule has 0 saturated heterocycles. The third-order valence-corrected chi connectivity index (χ3v) is 2.65. The van der Waals surface area contributed by atoms with Crippen LogP contribution in [0.4, 0.5) is 13.2 Å². The Morgan fingerprint density at radius 3 is 2.63 bits per heavy atom. The molecule has 0 radical (unpaired) electrons. The molecule has 3 nitrogen and oxygen atoms in total. The Bertz CT molecular complexity index is 432. The third-order valence-electron chi connectivity index (χ3n) is 2.65. The second-order valence-electron chi connectivity index (χ2n) is 4.21. The van der Waals surface area contributed by atoms with E-state index in [1.54, 1.807) is 24.3 Å². The van der Waals surface area contributed by atoms with Gasteiger partial charge in [-0.1, -0.05) is 12.1 Å². The minimum Gasteiger partial charge on any atom is -0.497 e.